The number of anilines is 1. The van der Waals surface area contributed by atoms with Crippen molar-refractivity contribution >= 4 is 28.8 Å². The Labute approximate surface area is 191 Å². The molecule has 0 saturated carbocycles. The first-order valence-electron chi connectivity index (χ1n) is 10.6. The third kappa shape index (κ3) is 4.20. The van der Waals surface area contributed by atoms with Gasteiger partial charge in [-0.05, 0) is 64.4 Å². The molecule has 1 aliphatic rings. The monoisotopic (exact) mass is 438 g/mol. The van der Waals surface area contributed by atoms with Gasteiger partial charge in [0.25, 0.3) is 11.8 Å². The second-order valence-corrected chi connectivity index (χ2v) is 8.78. The van der Waals surface area contributed by atoms with Crippen LogP contribution in [-0.4, -0.2) is 23.3 Å². The van der Waals surface area contributed by atoms with E-state index in [4.69, 9.17) is 0 Å². The third-order valence-electron chi connectivity index (χ3n) is 5.75. The van der Waals surface area contributed by atoms with Gasteiger partial charge in [0.05, 0.1) is 4.88 Å². The smallest absolute Gasteiger partial charge is 0.264 e. The Hall–Kier alpha value is -3.70. The van der Waals surface area contributed by atoms with E-state index >= 15 is 0 Å². The average molecular weight is 439 g/mol. The second-order valence-electron chi connectivity index (χ2n) is 7.83. The second kappa shape index (κ2) is 8.81. The number of carbonyl (C=O) groups is 2. The largest absolute Gasteiger partial charge is 0.333 e. The van der Waals surface area contributed by atoms with E-state index in [1.807, 2.05) is 77.0 Å². The fraction of sp³-hybridized carbons (Fsp3) is 0.111. The lowest BCUT2D eigenvalue weighted by Crippen LogP contribution is -2.35. The third-order valence-corrected chi connectivity index (χ3v) is 6.61. The Bertz CT molecular complexity index is 1250. The van der Waals surface area contributed by atoms with Crippen molar-refractivity contribution in [3.8, 4) is 11.1 Å². The summed E-state index contributed by atoms with van der Waals surface area (Å²) < 4.78 is 0. The van der Waals surface area contributed by atoms with E-state index in [0.29, 0.717) is 18.7 Å². The molecular formula is C27H22N2O2S. The van der Waals surface area contributed by atoms with Gasteiger partial charge in [-0.25, -0.2) is 0 Å². The number of thiophene rings is 1. The molecule has 158 valence electrons. The minimum atomic E-state index is -0.146. The van der Waals surface area contributed by atoms with E-state index in [1.54, 1.807) is 0 Å². The Morgan fingerprint density at radius 2 is 1.59 bits per heavy atom. The van der Waals surface area contributed by atoms with Crippen LogP contribution in [-0.2, 0) is 13.0 Å². The van der Waals surface area contributed by atoms with Gasteiger partial charge in [-0.2, -0.15) is 0 Å². The van der Waals surface area contributed by atoms with Crippen molar-refractivity contribution in [3.05, 3.63) is 112 Å². The van der Waals surface area contributed by atoms with E-state index in [2.05, 4.69) is 23.5 Å². The number of benzene rings is 3. The molecule has 32 heavy (non-hydrogen) atoms. The van der Waals surface area contributed by atoms with Gasteiger partial charge in [-0.3, -0.25) is 9.59 Å². The molecule has 4 nitrogen and oxygen atoms in total. The van der Waals surface area contributed by atoms with Crippen molar-refractivity contribution in [2.24, 2.45) is 0 Å². The zero-order chi connectivity index (χ0) is 21.9. The van der Waals surface area contributed by atoms with Crippen LogP contribution >= 0.6 is 11.3 Å². The summed E-state index contributed by atoms with van der Waals surface area (Å²) in [5.41, 5.74) is 5.86. The van der Waals surface area contributed by atoms with Crippen molar-refractivity contribution in [1.82, 2.24) is 4.90 Å². The van der Waals surface area contributed by atoms with Gasteiger partial charge in [0.2, 0.25) is 0 Å². The molecule has 5 heteroatoms. The van der Waals surface area contributed by atoms with Crippen molar-refractivity contribution in [2.45, 2.75) is 13.0 Å². The molecule has 1 N–H and O–H groups in total. The predicted octanol–water partition coefficient (Wildman–Crippen LogP) is 5.87. The zero-order valence-corrected chi connectivity index (χ0v) is 18.3. The molecule has 3 aromatic carbocycles. The first-order chi connectivity index (χ1) is 15.7. The van der Waals surface area contributed by atoms with Crippen LogP contribution in [0.4, 0.5) is 5.69 Å². The average Bonchev–Trinajstić information content (AvgIpc) is 3.39. The first-order valence-corrected chi connectivity index (χ1v) is 11.5. The lowest BCUT2D eigenvalue weighted by molar-refractivity contribution is 0.0739. The maximum Gasteiger partial charge on any atom is 0.264 e. The summed E-state index contributed by atoms with van der Waals surface area (Å²) in [7, 11) is 0. The van der Waals surface area contributed by atoms with Gasteiger partial charge in [0.15, 0.2) is 0 Å². The lowest BCUT2D eigenvalue weighted by Gasteiger charge is -2.29. The van der Waals surface area contributed by atoms with Gasteiger partial charge in [0, 0.05) is 24.3 Å². The van der Waals surface area contributed by atoms with Gasteiger partial charge in [0.1, 0.15) is 0 Å². The number of amides is 2. The quantitative estimate of drug-likeness (QED) is 0.433. The summed E-state index contributed by atoms with van der Waals surface area (Å²) in [6, 6.07) is 27.4. The van der Waals surface area contributed by atoms with E-state index in [9.17, 15) is 9.59 Å². The van der Waals surface area contributed by atoms with Gasteiger partial charge < -0.3 is 10.2 Å². The molecule has 2 amide bonds. The predicted molar refractivity (Wildman–Crippen MR) is 129 cm³/mol. The van der Waals surface area contributed by atoms with Crippen LogP contribution in [0.2, 0.25) is 0 Å². The molecule has 0 atom stereocenters. The number of hydrogen-bond acceptors (Lipinski definition) is 3. The summed E-state index contributed by atoms with van der Waals surface area (Å²) in [6.45, 7) is 1.27. The summed E-state index contributed by atoms with van der Waals surface area (Å²) in [4.78, 5) is 28.1. The molecule has 0 bridgehead atoms. The van der Waals surface area contributed by atoms with E-state index in [-0.39, 0.29) is 11.8 Å². The summed E-state index contributed by atoms with van der Waals surface area (Å²) in [5, 5.41) is 4.92. The number of carbonyl (C=O) groups excluding carboxylic acids is 2. The van der Waals surface area contributed by atoms with Crippen molar-refractivity contribution in [1.29, 1.82) is 0 Å². The molecule has 4 aromatic rings. The molecule has 0 fully saturated rings. The Morgan fingerprint density at radius 3 is 2.34 bits per heavy atom. The zero-order valence-electron chi connectivity index (χ0n) is 17.5. The molecule has 2 heterocycles. The van der Waals surface area contributed by atoms with Crippen molar-refractivity contribution in [3.63, 3.8) is 0 Å². The van der Waals surface area contributed by atoms with Crippen LogP contribution in [0, 0.1) is 0 Å². The van der Waals surface area contributed by atoms with Crippen LogP contribution < -0.4 is 5.32 Å². The van der Waals surface area contributed by atoms with Crippen LogP contribution in [0.15, 0.2) is 90.3 Å². The highest BCUT2D eigenvalue weighted by Crippen LogP contribution is 2.25. The van der Waals surface area contributed by atoms with Crippen LogP contribution in [0.1, 0.15) is 31.2 Å². The van der Waals surface area contributed by atoms with E-state index < -0.39 is 0 Å². The molecule has 0 radical (unpaired) electrons. The fourth-order valence-electron chi connectivity index (χ4n) is 4.01. The summed E-state index contributed by atoms with van der Waals surface area (Å²) >= 11 is 1.47. The molecule has 5 rings (SSSR count). The Morgan fingerprint density at radius 1 is 0.812 bits per heavy atom. The minimum Gasteiger partial charge on any atom is -0.333 e. The lowest BCUT2D eigenvalue weighted by atomic mass is 9.98. The van der Waals surface area contributed by atoms with Crippen molar-refractivity contribution in [2.75, 3.05) is 11.9 Å². The normalized spacial score (nSPS) is 12.8. The fourth-order valence-corrected chi connectivity index (χ4v) is 4.70. The Balaban J connectivity index is 1.29. The van der Waals surface area contributed by atoms with E-state index in [1.165, 1.54) is 16.9 Å². The highest BCUT2D eigenvalue weighted by molar-refractivity contribution is 7.12. The number of nitrogens with one attached hydrogen (secondary N) is 1. The maximum absolute atomic E-state index is 12.8. The van der Waals surface area contributed by atoms with E-state index in [0.717, 1.165) is 33.7 Å². The van der Waals surface area contributed by atoms with Crippen LogP contribution in [0.5, 0.6) is 0 Å². The number of fused-ring (bicyclic) bond motifs is 1. The van der Waals surface area contributed by atoms with Gasteiger partial charge in [-0.1, -0.05) is 54.6 Å². The SMILES string of the molecule is O=C(Nc1ccc2c(c1)CN(C(=O)c1cccs1)CC2)c1ccc(-c2ccccc2)cc1. The van der Waals surface area contributed by atoms with Gasteiger partial charge >= 0.3 is 0 Å². The number of hydrogen-bond donors (Lipinski definition) is 1. The highest BCUT2D eigenvalue weighted by Gasteiger charge is 2.22. The number of nitrogens with zero attached hydrogens (tertiary/aromatic N) is 1. The van der Waals surface area contributed by atoms with Gasteiger partial charge in [-0.15, -0.1) is 11.3 Å². The molecule has 1 aliphatic heterocycles. The molecular weight excluding hydrogens is 416 g/mol. The Kier molecular flexibility index (Phi) is 5.57. The molecule has 0 spiro atoms. The first kappa shape index (κ1) is 20.2. The molecule has 0 aliphatic carbocycles. The maximum atomic E-state index is 12.8. The van der Waals surface area contributed by atoms with Crippen LogP contribution in [0.25, 0.3) is 11.1 Å². The minimum absolute atomic E-state index is 0.0681. The molecule has 0 unspecified atom stereocenters. The molecule has 0 saturated heterocycles. The summed E-state index contributed by atoms with van der Waals surface area (Å²) in [6.07, 6.45) is 0.821. The topological polar surface area (TPSA) is 49.4 Å². The highest BCUT2D eigenvalue weighted by atomic mass is 32.1. The number of rotatable bonds is 4. The summed E-state index contributed by atoms with van der Waals surface area (Å²) in [5.74, 6) is -0.0783. The molecule has 1 aromatic heterocycles. The van der Waals surface area contributed by atoms with Crippen molar-refractivity contribution < 1.29 is 9.59 Å². The standard InChI is InChI=1S/C27H22N2O2S/c30-26(22-10-8-20(9-11-22)19-5-2-1-3-6-19)28-24-13-12-21-14-15-29(18-23(21)17-24)27(31)25-7-4-16-32-25/h1-13,16-17H,14-15,18H2,(H,28,30). The van der Waals surface area contributed by atoms with Crippen LogP contribution in [0.3, 0.4) is 0 Å².